The molecule has 2 rings (SSSR count). The van der Waals surface area contributed by atoms with Gasteiger partial charge in [-0.3, -0.25) is 0 Å². The van der Waals surface area contributed by atoms with Crippen LogP contribution in [0.2, 0.25) is 0 Å². The van der Waals surface area contributed by atoms with Gasteiger partial charge in [0.05, 0.1) is 7.11 Å². The lowest BCUT2D eigenvalue weighted by molar-refractivity contribution is 0.306. The topological polar surface area (TPSA) is 39.9 Å². The summed E-state index contributed by atoms with van der Waals surface area (Å²) in [6.07, 6.45) is 5.44. The Bertz CT molecular complexity index is 590. The highest BCUT2D eigenvalue weighted by molar-refractivity contribution is 5.75. The van der Waals surface area contributed by atoms with Crippen molar-refractivity contribution in [3.8, 4) is 0 Å². The lowest BCUT2D eigenvalue weighted by Crippen LogP contribution is -2.03. The number of hydrogen-bond acceptors (Lipinski definition) is 3. The second kappa shape index (κ2) is 5.31. The summed E-state index contributed by atoms with van der Waals surface area (Å²) in [4.78, 5) is 1.56. The fourth-order valence-corrected chi connectivity index (χ4v) is 1.67. The monoisotopic (exact) mass is 241 g/mol. The van der Waals surface area contributed by atoms with Crippen LogP contribution in [-0.2, 0) is 4.74 Å². The van der Waals surface area contributed by atoms with Crippen molar-refractivity contribution in [3.05, 3.63) is 54.8 Å². The Hall–Kier alpha value is -2.36. The fourth-order valence-electron chi connectivity index (χ4n) is 1.67. The molecule has 18 heavy (non-hydrogen) atoms. The average Bonchev–Trinajstić information content (AvgIpc) is 2.82. The van der Waals surface area contributed by atoms with E-state index in [1.165, 1.54) is 0 Å². The van der Waals surface area contributed by atoms with Gasteiger partial charge < -0.3 is 4.74 Å². The van der Waals surface area contributed by atoms with Crippen LogP contribution in [0.15, 0.2) is 54.8 Å². The molecule has 92 valence electrons. The number of methoxy groups -OCH3 is 1. The van der Waals surface area contributed by atoms with Gasteiger partial charge in [0.2, 0.25) is 0 Å². The molecule has 0 N–H and O–H groups in total. The average molecular weight is 241 g/mol. The van der Waals surface area contributed by atoms with Crippen LogP contribution < -0.4 is 0 Å². The molecular formula is C14H15N3O. The first kappa shape index (κ1) is 12.1. The van der Waals surface area contributed by atoms with E-state index in [0.29, 0.717) is 5.76 Å². The fraction of sp³-hybridized carbons (Fsp3) is 0.143. The van der Waals surface area contributed by atoms with Gasteiger partial charge in [0.25, 0.3) is 0 Å². The Balaban J connectivity index is 2.61. The molecule has 0 atom stereocenters. The maximum atomic E-state index is 5.27. The van der Waals surface area contributed by atoms with Crippen molar-refractivity contribution >= 4 is 16.7 Å². The third-order valence-corrected chi connectivity index (χ3v) is 2.48. The van der Waals surface area contributed by atoms with E-state index in [1.807, 2.05) is 43.3 Å². The Morgan fingerprint density at radius 3 is 2.33 bits per heavy atom. The summed E-state index contributed by atoms with van der Waals surface area (Å²) >= 11 is 0. The molecule has 0 aliphatic carbocycles. The number of hydrogen-bond donors (Lipinski definition) is 0. The third kappa shape index (κ3) is 2.18. The van der Waals surface area contributed by atoms with E-state index in [4.69, 9.17) is 4.74 Å². The lowest BCUT2D eigenvalue weighted by Gasteiger charge is -2.06. The van der Waals surface area contributed by atoms with Crippen LogP contribution in [0.5, 0.6) is 0 Å². The Labute approximate surface area is 106 Å². The molecule has 1 heterocycles. The zero-order chi connectivity index (χ0) is 13.0. The molecule has 0 unspecified atom stereocenters. The highest BCUT2D eigenvalue weighted by Crippen LogP contribution is 2.16. The molecular weight excluding hydrogens is 226 g/mol. The van der Waals surface area contributed by atoms with E-state index in [0.717, 1.165) is 16.7 Å². The largest absolute Gasteiger partial charge is 0.494 e. The number of benzene rings is 1. The van der Waals surface area contributed by atoms with Gasteiger partial charge in [0.15, 0.2) is 0 Å². The maximum absolute atomic E-state index is 5.27. The SMILES string of the molecule is C=C/C(OC)=C(\C=C/C)n1nc2ccccc2n1. The molecule has 2 aromatic rings. The Morgan fingerprint density at radius 1 is 1.28 bits per heavy atom. The molecule has 0 spiro atoms. The third-order valence-electron chi connectivity index (χ3n) is 2.48. The van der Waals surface area contributed by atoms with E-state index >= 15 is 0 Å². The molecule has 0 aliphatic rings. The van der Waals surface area contributed by atoms with Gasteiger partial charge >= 0.3 is 0 Å². The van der Waals surface area contributed by atoms with E-state index in [1.54, 1.807) is 18.0 Å². The summed E-state index contributed by atoms with van der Waals surface area (Å²) in [5.74, 6) is 0.633. The molecule has 4 nitrogen and oxygen atoms in total. The van der Waals surface area contributed by atoms with Gasteiger partial charge in [-0.1, -0.05) is 24.8 Å². The first-order chi connectivity index (χ1) is 8.80. The van der Waals surface area contributed by atoms with Crippen LogP contribution in [0.3, 0.4) is 0 Å². The van der Waals surface area contributed by atoms with Crippen LogP contribution >= 0.6 is 0 Å². The van der Waals surface area contributed by atoms with Crippen molar-refractivity contribution < 1.29 is 4.74 Å². The minimum atomic E-state index is 0.633. The summed E-state index contributed by atoms with van der Waals surface area (Å²) < 4.78 is 5.27. The van der Waals surface area contributed by atoms with Crippen molar-refractivity contribution in [3.63, 3.8) is 0 Å². The molecule has 0 saturated heterocycles. The summed E-state index contributed by atoms with van der Waals surface area (Å²) in [5.41, 5.74) is 2.45. The number of rotatable bonds is 4. The molecule has 0 radical (unpaired) electrons. The van der Waals surface area contributed by atoms with E-state index in [2.05, 4.69) is 16.8 Å². The van der Waals surface area contributed by atoms with Crippen molar-refractivity contribution in [2.45, 2.75) is 6.92 Å². The highest BCUT2D eigenvalue weighted by atomic mass is 16.5. The highest BCUT2D eigenvalue weighted by Gasteiger charge is 2.08. The smallest absolute Gasteiger partial charge is 0.145 e. The van der Waals surface area contributed by atoms with Crippen molar-refractivity contribution in [1.82, 2.24) is 15.0 Å². The first-order valence-corrected chi connectivity index (χ1v) is 5.66. The zero-order valence-corrected chi connectivity index (χ0v) is 10.5. The van der Waals surface area contributed by atoms with E-state index in [9.17, 15) is 0 Å². The summed E-state index contributed by atoms with van der Waals surface area (Å²) in [6, 6.07) is 7.72. The van der Waals surface area contributed by atoms with Gasteiger partial charge in [0.1, 0.15) is 22.5 Å². The van der Waals surface area contributed by atoms with Crippen molar-refractivity contribution in [2.24, 2.45) is 0 Å². The van der Waals surface area contributed by atoms with Crippen molar-refractivity contribution in [2.75, 3.05) is 7.11 Å². The summed E-state index contributed by atoms with van der Waals surface area (Å²) in [5, 5.41) is 8.83. The minimum Gasteiger partial charge on any atom is -0.494 e. The second-order valence-corrected chi connectivity index (χ2v) is 3.64. The number of ether oxygens (including phenoxy) is 1. The molecule has 4 heteroatoms. The van der Waals surface area contributed by atoms with Crippen LogP contribution in [0.1, 0.15) is 6.92 Å². The van der Waals surface area contributed by atoms with Crippen LogP contribution in [-0.4, -0.2) is 22.1 Å². The second-order valence-electron chi connectivity index (χ2n) is 3.64. The number of nitrogens with zero attached hydrogens (tertiary/aromatic N) is 3. The quantitative estimate of drug-likeness (QED) is 0.610. The molecule has 1 aromatic heterocycles. The molecule has 0 saturated carbocycles. The van der Waals surface area contributed by atoms with Crippen LogP contribution in [0.4, 0.5) is 0 Å². The van der Waals surface area contributed by atoms with E-state index < -0.39 is 0 Å². The summed E-state index contributed by atoms with van der Waals surface area (Å²) in [6.45, 7) is 5.66. The number of allylic oxidation sites excluding steroid dienone is 4. The zero-order valence-electron chi connectivity index (χ0n) is 10.5. The number of aromatic nitrogens is 3. The van der Waals surface area contributed by atoms with Gasteiger partial charge in [0, 0.05) is 0 Å². The predicted molar refractivity (Wildman–Crippen MR) is 72.8 cm³/mol. The van der Waals surface area contributed by atoms with E-state index in [-0.39, 0.29) is 0 Å². The van der Waals surface area contributed by atoms with Crippen LogP contribution in [0.25, 0.3) is 16.7 Å². The van der Waals surface area contributed by atoms with Gasteiger partial charge in [-0.15, -0.1) is 15.0 Å². The first-order valence-electron chi connectivity index (χ1n) is 5.66. The molecule has 0 bridgehead atoms. The minimum absolute atomic E-state index is 0.633. The number of fused-ring (bicyclic) bond motifs is 1. The Kier molecular flexibility index (Phi) is 3.57. The molecule has 0 aliphatic heterocycles. The molecule has 0 amide bonds. The maximum Gasteiger partial charge on any atom is 0.145 e. The summed E-state index contributed by atoms with van der Waals surface area (Å²) in [7, 11) is 1.60. The molecule has 1 aromatic carbocycles. The van der Waals surface area contributed by atoms with Gasteiger partial charge in [-0.2, -0.15) is 0 Å². The van der Waals surface area contributed by atoms with Gasteiger partial charge in [-0.25, -0.2) is 0 Å². The standard InChI is InChI=1S/C14H15N3O/c1-4-8-13(14(5-2)18-3)17-15-11-9-6-7-10-12(11)16-17/h4-10H,2H2,1,3H3/b8-4-,14-13-. The Morgan fingerprint density at radius 2 is 1.89 bits per heavy atom. The van der Waals surface area contributed by atoms with Crippen LogP contribution in [0, 0.1) is 0 Å². The van der Waals surface area contributed by atoms with Crippen molar-refractivity contribution in [1.29, 1.82) is 0 Å². The normalized spacial score (nSPS) is 12.8. The predicted octanol–water partition coefficient (Wildman–Crippen LogP) is 3.01. The molecule has 0 fully saturated rings. The van der Waals surface area contributed by atoms with Gasteiger partial charge in [-0.05, 0) is 31.2 Å². The lowest BCUT2D eigenvalue weighted by atomic mass is 10.3.